The number of rotatable bonds is 4. The van der Waals surface area contributed by atoms with E-state index in [1.54, 1.807) is 6.07 Å². The average molecular weight is 298 g/mol. The molecule has 0 aliphatic carbocycles. The second-order valence-electron chi connectivity index (χ2n) is 3.92. The van der Waals surface area contributed by atoms with Gasteiger partial charge in [0.2, 0.25) is 0 Å². The highest BCUT2D eigenvalue weighted by molar-refractivity contribution is 7.08. The van der Waals surface area contributed by atoms with Gasteiger partial charge in [0.05, 0.1) is 10.7 Å². The SMILES string of the molecule is CCCc1nnsc1C(=O)Nc1ccc(O)c(Cl)c1. The average Bonchev–Trinajstić information content (AvgIpc) is 2.83. The Kier molecular flexibility index (Phi) is 4.34. The molecular weight excluding hydrogens is 286 g/mol. The molecule has 1 aromatic heterocycles. The van der Waals surface area contributed by atoms with Crippen molar-refractivity contribution in [2.24, 2.45) is 0 Å². The van der Waals surface area contributed by atoms with Gasteiger partial charge in [-0.3, -0.25) is 4.79 Å². The number of benzene rings is 1. The van der Waals surface area contributed by atoms with Gasteiger partial charge in [-0.25, -0.2) is 0 Å². The lowest BCUT2D eigenvalue weighted by molar-refractivity contribution is 0.102. The van der Waals surface area contributed by atoms with Crippen molar-refractivity contribution < 1.29 is 9.90 Å². The van der Waals surface area contributed by atoms with Crippen LogP contribution in [0.25, 0.3) is 0 Å². The Morgan fingerprint density at radius 3 is 3.00 bits per heavy atom. The molecule has 0 saturated heterocycles. The van der Waals surface area contributed by atoms with Crippen molar-refractivity contribution in [1.82, 2.24) is 9.59 Å². The van der Waals surface area contributed by atoms with Gasteiger partial charge < -0.3 is 10.4 Å². The van der Waals surface area contributed by atoms with Crippen molar-refractivity contribution in [2.45, 2.75) is 19.8 Å². The molecule has 0 bridgehead atoms. The van der Waals surface area contributed by atoms with Crippen molar-refractivity contribution in [3.05, 3.63) is 33.8 Å². The number of aromatic nitrogens is 2. The molecule has 0 atom stereocenters. The lowest BCUT2D eigenvalue weighted by atomic mass is 10.2. The predicted octanol–water partition coefficient (Wildman–Crippen LogP) is 3.10. The smallest absolute Gasteiger partial charge is 0.269 e. The van der Waals surface area contributed by atoms with E-state index in [9.17, 15) is 9.90 Å². The Morgan fingerprint density at radius 1 is 1.53 bits per heavy atom. The largest absolute Gasteiger partial charge is 0.506 e. The molecule has 2 aromatic rings. The van der Waals surface area contributed by atoms with Crippen molar-refractivity contribution in [3.63, 3.8) is 0 Å². The Balaban J connectivity index is 2.16. The van der Waals surface area contributed by atoms with Crippen LogP contribution < -0.4 is 5.32 Å². The Morgan fingerprint density at radius 2 is 2.32 bits per heavy atom. The minimum Gasteiger partial charge on any atom is -0.506 e. The molecule has 0 radical (unpaired) electrons. The number of hydrogen-bond donors (Lipinski definition) is 2. The van der Waals surface area contributed by atoms with E-state index in [0.717, 1.165) is 24.4 Å². The summed E-state index contributed by atoms with van der Waals surface area (Å²) >= 11 is 6.85. The zero-order valence-electron chi connectivity index (χ0n) is 10.2. The minimum atomic E-state index is -0.264. The highest BCUT2D eigenvalue weighted by atomic mass is 35.5. The molecule has 0 fully saturated rings. The molecule has 0 aliphatic heterocycles. The molecule has 0 unspecified atom stereocenters. The first-order chi connectivity index (χ1) is 9.11. The van der Waals surface area contributed by atoms with E-state index in [2.05, 4.69) is 14.9 Å². The Hall–Kier alpha value is -1.66. The number of halogens is 1. The maximum absolute atomic E-state index is 12.1. The third-order valence-electron chi connectivity index (χ3n) is 2.45. The fourth-order valence-electron chi connectivity index (χ4n) is 1.55. The van der Waals surface area contributed by atoms with Crippen LogP contribution >= 0.6 is 23.1 Å². The number of carbonyl (C=O) groups excluding carboxylic acids is 1. The first-order valence-corrected chi connectivity index (χ1v) is 6.88. The minimum absolute atomic E-state index is 0.0224. The molecule has 2 N–H and O–H groups in total. The van der Waals surface area contributed by atoms with Gasteiger partial charge in [0, 0.05) is 5.69 Å². The molecule has 19 heavy (non-hydrogen) atoms. The number of phenolic OH excluding ortho intramolecular Hbond substituents is 1. The van der Waals surface area contributed by atoms with Crippen LogP contribution in [0.15, 0.2) is 18.2 Å². The number of nitrogens with zero attached hydrogens (tertiary/aromatic N) is 2. The predicted molar refractivity (Wildman–Crippen MR) is 75.0 cm³/mol. The lowest BCUT2D eigenvalue weighted by Crippen LogP contribution is -2.12. The van der Waals surface area contributed by atoms with Crippen LogP contribution in [0.2, 0.25) is 5.02 Å². The number of nitrogens with one attached hydrogen (secondary N) is 1. The van der Waals surface area contributed by atoms with E-state index in [0.29, 0.717) is 16.3 Å². The highest BCUT2D eigenvalue weighted by Crippen LogP contribution is 2.26. The van der Waals surface area contributed by atoms with E-state index in [1.807, 2.05) is 6.92 Å². The van der Waals surface area contributed by atoms with Crippen molar-refractivity contribution in [3.8, 4) is 5.75 Å². The Bertz CT molecular complexity index is 600. The second kappa shape index (κ2) is 5.99. The van der Waals surface area contributed by atoms with Crippen LogP contribution in [0.4, 0.5) is 5.69 Å². The third-order valence-corrected chi connectivity index (χ3v) is 3.52. The zero-order valence-corrected chi connectivity index (χ0v) is 11.8. The summed E-state index contributed by atoms with van der Waals surface area (Å²) in [5, 5.41) is 16.2. The van der Waals surface area contributed by atoms with Gasteiger partial charge in [-0.2, -0.15) is 0 Å². The second-order valence-corrected chi connectivity index (χ2v) is 5.08. The molecule has 2 rings (SSSR count). The zero-order chi connectivity index (χ0) is 13.8. The Labute approximate surface area is 119 Å². The van der Waals surface area contributed by atoms with Crippen LogP contribution in [0.3, 0.4) is 0 Å². The number of carbonyl (C=O) groups is 1. The summed E-state index contributed by atoms with van der Waals surface area (Å²) in [5.74, 6) is -0.286. The van der Waals surface area contributed by atoms with Crippen LogP contribution in [-0.4, -0.2) is 20.6 Å². The summed E-state index contributed by atoms with van der Waals surface area (Å²) < 4.78 is 3.80. The van der Waals surface area contributed by atoms with Gasteiger partial charge in [0.15, 0.2) is 0 Å². The molecule has 0 saturated carbocycles. The normalized spacial score (nSPS) is 10.4. The molecule has 1 heterocycles. The molecule has 5 nitrogen and oxygen atoms in total. The fraction of sp³-hybridized carbons (Fsp3) is 0.250. The number of aryl methyl sites for hydroxylation is 1. The fourth-order valence-corrected chi connectivity index (χ4v) is 2.34. The summed E-state index contributed by atoms with van der Waals surface area (Å²) in [6.45, 7) is 2.01. The molecule has 1 aromatic carbocycles. The topological polar surface area (TPSA) is 75.1 Å². The number of amides is 1. The van der Waals surface area contributed by atoms with Gasteiger partial charge in [-0.05, 0) is 36.2 Å². The molecular formula is C12H12ClN3O2S. The number of phenols is 1. The summed E-state index contributed by atoms with van der Waals surface area (Å²) in [6.07, 6.45) is 1.62. The molecule has 100 valence electrons. The number of hydrogen-bond acceptors (Lipinski definition) is 5. The van der Waals surface area contributed by atoms with Crippen molar-refractivity contribution in [1.29, 1.82) is 0 Å². The summed E-state index contributed by atoms with van der Waals surface area (Å²) in [7, 11) is 0. The van der Waals surface area contributed by atoms with E-state index < -0.39 is 0 Å². The van der Waals surface area contributed by atoms with E-state index >= 15 is 0 Å². The number of anilines is 1. The summed E-state index contributed by atoms with van der Waals surface area (Å²) in [5.41, 5.74) is 1.22. The van der Waals surface area contributed by atoms with Crippen molar-refractivity contribution >= 4 is 34.7 Å². The number of aromatic hydroxyl groups is 1. The highest BCUT2D eigenvalue weighted by Gasteiger charge is 2.16. The maximum atomic E-state index is 12.1. The van der Waals surface area contributed by atoms with Gasteiger partial charge in [-0.1, -0.05) is 29.4 Å². The lowest BCUT2D eigenvalue weighted by Gasteiger charge is -2.05. The quantitative estimate of drug-likeness (QED) is 0.850. The van der Waals surface area contributed by atoms with Crippen LogP contribution in [0, 0.1) is 0 Å². The molecule has 1 amide bonds. The standard InChI is InChI=1S/C12H12ClN3O2S/c1-2-3-9-11(19-16-15-9)12(18)14-7-4-5-10(17)8(13)6-7/h4-6,17H,2-3H2,1H3,(H,14,18). The summed E-state index contributed by atoms with van der Waals surface area (Å²) in [6, 6.07) is 4.49. The first kappa shape index (κ1) is 13.8. The molecule has 0 spiro atoms. The van der Waals surface area contributed by atoms with Crippen molar-refractivity contribution in [2.75, 3.05) is 5.32 Å². The van der Waals surface area contributed by atoms with Gasteiger partial charge in [0.1, 0.15) is 10.6 Å². The first-order valence-electron chi connectivity index (χ1n) is 5.73. The van der Waals surface area contributed by atoms with Crippen LogP contribution in [0.1, 0.15) is 28.7 Å². The van der Waals surface area contributed by atoms with Crippen LogP contribution in [-0.2, 0) is 6.42 Å². The van der Waals surface area contributed by atoms with E-state index in [-0.39, 0.29) is 16.7 Å². The third kappa shape index (κ3) is 3.21. The molecule has 7 heteroatoms. The van der Waals surface area contributed by atoms with Gasteiger partial charge in [0.25, 0.3) is 5.91 Å². The van der Waals surface area contributed by atoms with Gasteiger partial charge in [-0.15, -0.1) is 5.10 Å². The van der Waals surface area contributed by atoms with Gasteiger partial charge >= 0.3 is 0 Å². The monoisotopic (exact) mass is 297 g/mol. The van der Waals surface area contributed by atoms with Crippen LogP contribution in [0.5, 0.6) is 5.75 Å². The molecule has 0 aliphatic rings. The van der Waals surface area contributed by atoms with E-state index in [4.69, 9.17) is 11.6 Å². The summed E-state index contributed by atoms with van der Waals surface area (Å²) in [4.78, 5) is 12.6. The van der Waals surface area contributed by atoms with E-state index in [1.165, 1.54) is 12.1 Å². The maximum Gasteiger partial charge on any atom is 0.269 e.